The van der Waals surface area contributed by atoms with Crippen LogP contribution in [0.5, 0.6) is 23.0 Å². The molecule has 12 nitrogen and oxygen atoms in total. The van der Waals surface area contributed by atoms with Crippen molar-refractivity contribution in [2.24, 2.45) is 0 Å². The summed E-state index contributed by atoms with van der Waals surface area (Å²) in [7, 11) is 2.32. The molecule has 2 aliphatic heterocycles. The number of hydrogen-bond donors (Lipinski definition) is 2. The number of aliphatic hydroxyl groups excluding tert-OH is 2. The van der Waals surface area contributed by atoms with Crippen LogP contribution in [0.3, 0.4) is 0 Å². The molecule has 5 rings (SSSR count). The summed E-state index contributed by atoms with van der Waals surface area (Å²) in [6.07, 6.45) is -0.879. The third-order valence-electron chi connectivity index (χ3n) is 7.26. The summed E-state index contributed by atoms with van der Waals surface area (Å²) in [6, 6.07) is 9.35. The van der Waals surface area contributed by atoms with Gasteiger partial charge in [-0.2, -0.15) is 0 Å². The van der Waals surface area contributed by atoms with E-state index >= 15 is 0 Å². The zero-order valence-corrected chi connectivity index (χ0v) is 22.8. The molecule has 0 spiro atoms. The van der Waals surface area contributed by atoms with Crippen LogP contribution in [0.1, 0.15) is 35.8 Å². The SMILES string of the molecule is COC(=O)CC(C1=C(O)C(=O)C(C(CC(=O)OC)c2ccc3c(c2)OCCO3)=C(O)C1=O)c1ccc2c(c1)OCCO2. The number of carbonyl (C=O) groups excluding carboxylic acids is 4. The van der Waals surface area contributed by atoms with E-state index in [-0.39, 0.29) is 13.2 Å². The van der Waals surface area contributed by atoms with Crippen molar-refractivity contribution in [1.29, 1.82) is 0 Å². The molecule has 0 fully saturated rings. The van der Waals surface area contributed by atoms with Crippen molar-refractivity contribution in [3.8, 4) is 23.0 Å². The second-order valence-electron chi connectivity index (χ2n) is 9.65. The Kier molecular flexibility index (Phi) is 8.05. The van der Waals surface area contributed by atoms with Gasteiger partial charge in [-0.25, -0.2) is 0 Å². The molecule has 2 atom stereocenters. The zero-order valence-electron chi connectivity index (χ0n) is 22.8. The Hall–Kier alpha value is -5.00. The Morgan fingerprint density at radius 1 is 0.667 bits per heavy atom. The van der Waals surface area contributed by atoms with Crippen molar-refractivity contribution < 1.29 is 57.8 Å². The minimum Gasteiger partial charge on any atom is -0.504 e. The van der Waals surface area contributed by atoms with Crippen molar-refractivity contribution in [3.05, 3.63) is 70.2 Å². The van der Waals surface area contributed by atoms with Gasteiger partial charge in [-0.15, -0.1) is 0 Å². The Morgan fingerprint density at radius 3 is 1.38 bits per heavy atom. The molecule has 0 amide bonds. The van der Waals surface area contributed by atoms with Gasteiger partial charge in [0.15, 0.2) is 34.5 Å². The summed E-state index contributed by atoms with van der Waals surface area (Å²) in [5.74, 6) is -6.37. The summed E-state index contributed by atoms with van der Waals surface area (Å²) in [4.78, 5) is 52.3. The van der Waals surface area contributed by atoms with Gasteiger partial charge in [0.25, 0.3) is 0 Å². The smallest absolute Gasteiger partial charge is 0.306 e. The lowest BCUT2D eigenvalue weighted by atomic mass is 9.75. The monoisotopic (exact) mass is 580 g/mol. The highest BCUT2D eigenvalue weighted by atomic mass is 16.6. The second-order valence-corrected chi connectivity index (χ2v) is 9.65. The molecule has 0 aromatic heterocycles. The number of carbonyl (C=O) groups is 4. The first-order valence-corrected chi connectivity index (χ1v) is 13.1. The largest absolute Gasteiger partial charge is 0.504 e. The third-order valence-corrected chi connectivity index (χ3v) is 7.26. The normalized spacial score (nSPS) is 17.5. The Bertz CT molecular complexity index is 1400. The van der Waals surface area contributed by atoms with Crippen molar-refractivity contribution in [1.82, 2.24) is 0 Å². The maximum atomic E-state index is 13.7. The molecule has 2 aromatic rings. The minimum atomic E-state index is -1.19. The lowest BCUT2D eigenvalue weighted by Gasteiger charge is -2.28. The fourth-order valence-electron chi connectivity index (χ4n) is 5.19. The molecule has 0 bridgehead atoms. The molecule has 0 saturated heterocycles. The van der Waals surface area contributed by atoms with E-state index < -0.39 is 70.8 Å². The van der Waals surface area contributed by atoms with Crippen molar-refractivity contribution in [2.75, 3.05) is 40.6 Å². The fraction of sp³-hybridized carbons (Fsp3) is 0.333. The average Bonchev–Trinajstić information content (AvgIpc) is 3.02. The highest BCUT2D eigenvalue weighted by Crippen LogP contribution is 2.44. The molecule has 2 unspecified atom stereocenters. The number of fused-ring (bicyclic) bond motifs is 2. The van der Waals surface area contributed by atoms with Crippen LogP contribution < -0.4 is 18.9 Å². The van der Waals surface area contributed by atoms with Crippen LogP contribution in [0.4, 0.5) is 0 Å². The van der Waals surface area contributed by atoms with E-state index in [0.29, 0.717) is 47.3 Å². The molecule has 220 valence electrons. The first-order chi connectivity index (χ1) is 20.2. The molecule has 12 heteroatoms. The Morgan fingerprint density at radius 2 is 1.02 bits per heavy atom. The summed E-state index contributed by atoms with van der Waals surface area (Å²) in [5.41, 5.74) is -0.326. The summed E-state index contributed by atoms with van der Waals surface area (Å²) in [6.45, 7) is 1.23. The van der Waals surface area contributed by atoms with E-state index in [0.717, 1.165) is 14.2 Å². The zero-order chi connectivity index (χ0) is 30.0. The van der Waals surface area contributed by atoms with Crippen molar-refractivity contribution in [2.45, 2.75) is 24.7 Å². The lowest BCUT2D eigenvalue weighted by Crippen LogP contribution is -2.31. The van der Waals surface area contributed by atoms with Crippen LogP contribution in [0.15, 0.2) is 59.1 Å². The van der Waals surface area contributed by atoms with E-state index in [9.17, 15) is 29.4 Å². The van der Waals surface area contributed by atoms with Crippen LogP contribution in [-0.2, 0) is 28.7 Å². The van der Waals surface area contributed by atoms with Gasteiger partial charge in [0.2, 0.25) is 11.6 Å². The van der Waals surface area contributed by atoms with Crippen LogP contribution in [-0.4, -0.2) is 74.4 Å². The lowest BCUT2D eigenvalue weighted by molar-refractivity contribution is -0.142. The molecule has 1 aliphatic carbocycles. The van der Waals surface area contributed by atoms with E-state index in [1.165, 1.54) is 12.1 Å². The number of benzene rings is 2. The molecular formula is C30H28O12. The summed E-state index contributed by atoms with van der Waals surface area (Å²) < 4.78 is 31.9. The molecule has 2 heterocycles. The van der Waals surface area contributed by atoms with Gasteiger partial charge in [0.05, 0.1) is 38.2 Å². The van der Waals surface area contributed by atoms with Crippen LogP contribution in [0.2, 0.25) is 0 Å². The standard InChI is InChI=1S/C30H28O12/c1-37-23(31)13-17(15-3-5-19-21(11-15)41-9-7-39-19)25-27(33)29(35)26(30(36)28(25)34)18(14-24(32)38-2)16-4-6-20-22(12-16)42-10-8-40-20/h3-6,11-12,17-18,33,36H,7-10,13-14H2,1-2H3. The van der Waals surface area contributed by atoms with Crippen LogP contribution >= 0.6 is 0 Å². The highest BCUT2D eigenvalue weighted by molar-refractivity contribution is 6.24. The van der Waals surface area contributed by atoms with Crippen LogP contribution in [0, 0.1) is 0 Å². The van der Waals surface area contributed by atoms with Gasteiger partial charge >= 0.3 is 11.9 Å². The number of methoxy groups -OCH3 is 2. The fourth-order valence-corrected chi connectivity index (χ4v) is 5.19. The molecule has 2 N–H and O–H groups in total. The van der Waals surface area contributed by atoms with E-state index in [4.69, 9.17) is 28.4 Å². The van der Waals surface area contributed by atoms with Crippen molar-refractivity contribution >= 4 is 23.5 Å². The van der Waals surface area contributed by atoms with Crippen molar-refractivity contribution in [3.63, 3.8) is 0 Å². The molecule has 0 saturated carbocycles. The number of allylic oxidation sites excluding steroid dienone is 2. The van der Waals surface area contributed by atoms with Gasteiger partial charge in [-0.3, -0.25) is 19.2 Å². The minimum absolute atomic E-state index is 0.276. The number of rotatable bonds is 8. The van der Waals surface area contributed by atoms with Gasteiger partial charge in [0, 0.05) is 11.8 Å². The first-order valence-electron chi connectivity index (χ1n) is 13.1. The molecule has 42 heavy (non-hydrogen) atoms. The number of aliphatic hydroxyl groups is 2. The Balaban J connectivity index is 1.58. The Labute approximate surface area is 240 Å². The van der Waals surface area contributed by atoms with Gasteiger partial charge < -0.3 is 38.6 Å². The van der Waals surface area contributed by atoms with Crippen LogP contribution in [0.25, 0.3) is 0 Å². The quantitative estimate of drug-likeness (QED) is 0.347. The number of hydrogen-bond acceptors (Lipinski definition) is 12. The van der Waals surface area contributed by atoms with Gasteiger partial charge in [0.1, 0.15) is 26.4 Å². The predicted octanol–water partition coefficient (Wildman–Crippen LogP) is 3.00. The number of Topliss-reactive ketones (excluding diaryl/α,β-unsaturated/α-hetero) is 2. The van der Waals surface area contributed by atoms with Gasteiger partial charge in [-0.1, -0.05) is 12.1 Å². The topological polar surface area (TPSA) is 164 Å². The number of ether oxygens (including phenoxy) is 6. The molecule has 0 radical (unpaired) electrons. The molecular weight excluding hydrogens is 552 g/mol. The summed E-state index contributed by atoms with van der Waals surface area (Å²) in [5, 5.41) is 22.5. The van der Waals surface area contributed by atoms with E-state index in [2.05, 4.69) is 0 Å². The summed E-state index contributed by atoms with van der Waals surface area (Å²) >= 11 is 0. The first kappa shape index (κ1) is 28.5. The second kappa shape index (κ2) is 11.9. The number of esters is 2. The third kappa shape index (κ3) is 5.35. The van der Waals surface area contributed by atoms with Gasteiger partial charge in [-0.05, 0) is 35.4 Å². The average molecular weight is 581 g/mol. The maximum absolute atomic E-state index is 13.7. The molecule has 3 aliphatic rings. The maximum Gasteiger partial charge on any atom is 0.306 e. The molecule has 2 aromatic carbocycles. The van der Waals surface area contributed by atoms with E-state index in [1.807, 2.05) is 0 Å². The number of ketones is 2. The predicted molar refractivity (Wildman–Crippen MR) is 143 cm³/mol. The van der Waals surface area contributed by atoms with E-state index in [1.54, 1.807) is 24.3 Å². The highest BCUT2D eigenvalue weighted by Gasteiger charge is 2.43.